The number of carbonyl (C=O) groups is 1. The van der Waals surface area contributed by atoms with E-state index >= 15 is 0 Å². The van der Waals surface area contributed by atoms with E-state index in [9.17, 15) is 14.3 Å². The summed E-state index contributed by atoms with van der Waals surface area (Å²) in [7, 11) is 0. The summed E-state index contributed by atoms with van der Waals surface area (Å²) in [4.78, 5) is 17.3. The number of hydrogen-bond acceptors (Lipinski definition) is 4. The molecule has 0 aromatic carbocycles. The van der Waals surface area contributed by atoms with Crippen molar-refractivity contribution in [2.75, 3.05) is 19.8 Å². The van der Waals surface area contributed by atoms with Gasteiger partial charge in [0.1, 0.15) is 5.82 Å². The lowest BCUT2D eigenvalue weighted by atomic mass is 9.98. The maximum atomic E-state index is 13.4. The second kappa shape index (κ2) is 6.95. The number of aliphatic carboxylic acids is 1. The highest BCUT2D eigenvalue weighted by atomic mass is 19.1. The predicted molar refractivity (Wildman–Crippen MR) is 75.3 cm³/mol. The van der Waals surface area contributed by atoms with E-state index in [2.05, 4.69) is 9.88 Å². The molecule has 0 amide bonds. The van der Waals surface area contributed by atoms with Gasteiger partial charge in [-0.3, -0.25) is 14.7 Å². The van der Waals surface area contributed by atoms with Gasteiger partial charge in [0, 0.05) is 18.3 Å². The van der Waals surface area contributed by atoms with Crippen molar-refractivity contribution in [3.63, 3.8) is 0 Å². The van der Waals surface area contributed by atoms with Gasteiger partial charge in [-0.1, -0.05) is 6.92 Å². The molecule has 3 unspecified atom stereocenters. The van der Waals surface area contributed by atoms with Crippen LogP contribution in [0, 0.1) is 11.7 Å². The molecule has 116 valence electrons. The summed E-state index contributed by atoms with van der Waals surface area (Å²) >= 11 is 0. The van der Waals surface area contributed by atoms with E-state index in [1.807, 2.05) is 13.8 Å². The molecule has 1 N–H and O–H groups in total. The van der Waals surface area contributed by atoms with Gasteiger partial charge < -0.3 is 9.84 Å². The third-order valence-corrected chi connectivity index (χ3v) is 3.98. The molecular weight excluding hydrogens is 275 g/mol. The first-order valence-corrected chi connectivity index (χ1v) is 7.21. The number of nitrogens with zero attached hydrogens (tertiary/aromatic N) is 2. The Morgan fingerprint density at radius 2 is 2.33 bits per heavy atom. The summed E-state index contributed by atoms with van der Waals surface area (Å²) in [5.41, 5.74) is 0.750. The van der Waals surface area contributed by atoms with Gasteiger partial charge in [0.15, 0.2) is 0 Å². The molecule has 0 bridgehead atoms. The summed E-state index contributed by atoms with van der Waals surface area (Å²) < 4.78 is 18.7. The third-order valence-electron chi connectivity index (χ3n) is 3.98. The number of carboxylic acid groups (broad SMARTS) is 1. The smallest absolute Gasteiger partial charge is 0.310 e. The summed E-state index contributed by atoms with van der Waals surface area (Å²) in [5.74, 6) is -1.77. The van der Waals surface area contributed by atoms with Gasteiger partial charge in [-0.25, -0.2) is 4.39 Å². The molecule has 2 rings (SSSR count). The van der Waals surface area contributed by atoms with Crippen molar-refractivity contribution < 1.29 is 19.0 Å². The van der Waals surface area contributed by atoms with Gasteiger partial charge >= 0.3 is 5.97 Å². The first-order valence-electron chi connectivity index (χ1n) is 7.21. The van der Waals surface area contributed by atoms with Crippen molar-refractivity contribution in [3.8, 4) is 0 Å². The Hall–Kier alpha value is -1.53. The zero-order valence-electron chi connectivity index (χ0n) is 12.3. The number of carboxylic acids is 1. The number of halogens is 1. The SMILES string of the molecule is CCCN(C(C)c1cncc(F)c1)C1COCC1C(=O)O. The van der Waals surface area contributed by atoms with Crippen LogP contribution in [0.1, 0.15) is 31.9 Å². The van der Waals surface area contributed by atoms with Crippen LogP contribution in [0.25, 0.3) is 0 Å². The average Bonchev–Trinajstić information content (AvgIpc) is 2.93. The first kappa shape index (κ1) is 15.9. The van der Waals surface area contributed by atoms with Crippen molar-refractivity contribution >= 4 is 5.97 Å². The van der Waals surface area contributed by atoms with Gasteiger partial charge in [0.25, 0.3) is 0 Å². The van der Waals surface area contributed by atoms with Gasteiger partial charge in [-0.2, -0.15) is 0 Å². The van der Waals surface area contributed by atoms with Crippen LogP contribution in [0.2, 0.25) is 0 Å². The molecular formula is C15H21FN2O3. The highest BCUT2D eigenvalue weighted by Gasteiger charge is 2.39. The molecule has 1 aliphatic heterocycles. The number of aromatic nitrogens is 1. The van der Waals surface area contributed by atoms with E-state index in [-0.39, 0.29) is 24.5 Å². The van der Waals surface area contributed by atoms with Gasteiger partial charge in [-0.05, 0) is 31.5 Å². The van der Waals surface area contributed by atoms with Crippen LogP contribution in [0.3, 0.4) is 0 Å². The second-order valence-corrected chi connectivity index (χ2v) is 5.40. The topological polar surface area (TPSA) is 62.7 Å². The summed E-state index contributed by atoms with van der Waals surface area (Å²) in [6, 6.07) is 1.15. The van der Waals surface area contributed by atoms with Crippen molar-refractivity contribution in [2.24, 2.45) is 5.92 Å². The monoisotopic (exact) mass is 296 g/mol. The molecule has 1 aromatic rings. The molecule has 1 aromatic heterocycles. The Labute approximate surface area is 123 Å². The lowest BCUT2D eigenvalue weighted by Crippen LogP contribution is -2.44. The molecule has 0 aliphatic carbocycles. The Morgan fingerprint density at radius 3 is 2.95 bits per heavy atom. The minimum Gasteiger partial charge on any atom is -0.481 e. The fraction of sp³-hybridized carbons (Fsp3) is 0.600. The maximum Gasteiger partial charge on any atom is 0.310 e. The molecule has 0 radical (unpaired) electrons. The van der Waals surface area contributed by atoms with E-state index in [0.717, 1.165) is 18.5 Å². The number of rotatable bonds is 6. The van der Waals surface area contributed by atoms with E-state index in [1.165, 1.54) is 12.3 Å². The summed E-state index contributed by atoms with van der Waals surface area (Å²) in [6.45, 7) is 5.34. The minimum absolute atomic E-state index is 0.110. The third kappa shape index (κ3) is 3.57. The average molecular weight is 296 g/mol. The lowest BCUT2D eigenvalue weighted by Gasteiger charge is -2.35. The minimum atomic E-state index is -0.844. The van der Waals surface area contributed by atoms with Crippen LogP contribution in [0.15, 0.2) is 18.5 Å². The molecule has 5 nitrogen and oxygen atoms in total. The molecule has 0 saturated carbocycles. The molecule has 6 heteroatoms. The standard InChI is InChI=1S/C15H21FN2O3/c1-3-4-18(14-9-21-8-13(14)15(19)20)10(2)11-5-12(16)7-17-6-11/h5-7,10,13-14H,3-4,8-9H2,1-2H3,(H,19,20). The first-order chi connectivity index (χ1) is 10.0. The zero-order chi connectivity index (χ0) is 15.4. The Balaban J connectivity index is 2.23. The van der Waals surface area contributed by atoms with Gasteiger partial charge in [0.2, 0.25) is 0 Å². The van der Waals surface area contributed by atoms with Crippen LogP contribution >= 0.6 is 0 Å². The molecule has 3 atom stereocenters. The fourth-order valence-corrected chi connectivity index (χ4v) is 2.86. The van der Waals surface area contributed by atoms with E-state index in [1.54, 1.807) is 6.20 Å². The Morgan fingerprint density at radius 1 is 1.57 bits per heavy atom. The summed E-state index contributed by atoms with van der Waals surface area (Å²) in [5, 5.41) is 9.32. The van der Waals surface area contributed by atoms with Gasteiger partial charge in [-0.15, -0.1) is 0 Å². The zero-order valence-corrected chi connectivity index (χ0v) is 12.3. The molecule has 0 spiro atoms. The largest absolute Gasteiger partial charge is 0.481 e. The molecule has 1 fully saturated rings. The Kier molecular flexibility index (Phi) is 5.25. The van der Waals surface area contributed by atoms with Crippen molar-refractivity contribution in [1.29, 1.82) is 0 Å². The normalized spacial score (nSPS) is 23.4. The number of hydrogen-bond donors (Lipinski definition) is 1. The molecule has 21 heavy (non-hydrogen) atoms. The molecule has 1 saturated heterocycles. The molecule has 2 heterocycles. The van der Waals surface area contributed by atoms with Crippen molar-refractivity contribution in [3.05, 3.63) is 29.8 Å². The highest BCUT2D eigenvalue weighted by Crippen LogP contribution is 2.29. The van der Waals surface area contributed by atoms with Crippen molar-refractivity contribution in [1.82, 2.24) is 9.88 Å². The van der Waals surface area contributed by atoms with E-state index < -0.39 is 11.9 Å². The number of pyridine rings is 1. The van der Waals surface area contributed by atoms with E-state index in [4.69, 9.17) is 4.74 Å². The van der Waals surface area contributed by atoms with Crippen LogP contribution in [-0.2, 0) is 9.53 Å². The van der Waals surface area contributed by atoms with E-state index in [0.29, 0.717) is 6.61 Å². The second-order valence-electron chi connectivity index (χ2n) is 5.40. The lowest BCUT2D eigenvalue weighted by molar-refractivity contribution is -0.143. The number of ether oxygens (including phenoxy) is 1. The van der Waals surface area contributed by atoms with Crippen LogP contribution < -0.4 is 0 Å². The quantitative estimate of drug-likeness (QED) is 0.871. The summed E-state index contributed by atoms with van der Waals surface area (Å²) in [6.07, 6.45) is 3.68. The Bertz CT molecular complexity index is 498. The van der Waals surface area contributed by atoms with Crippen molar-refractivity contribution in [2.45, 2.75) is 32.4 Å². The fourth-order valence-electron chi connectivity index (χ4n) is 2.86. The maximum absolute atomic E-state index is 13.4. The predicted octanol–water partition coefficient (Wildman–Crippen LogP) is 2.09. The van der Waals surface area contributed by atoms with Crippen LogP contribution in [-0.4, -0.2) is 46.8 Å². The van der Waals surface area contributed by atoms with Gasteiger partial charge in [0.05, 0.1) is 25.3 Å². The van der Waals surface area contributed by atoms with Crippen LogP contribution in [0.4, 0.5) is 4.39 Å². The highest BCUT2D eigenvalue weighted by molar-refractivity contribution is 5.71. The molecule has 1 aliphatic rings. The van der Waals surface area contributed by atoms with Crippen LogP contribution in [0.5, 0.6) is 0 Å².